The number of nitrogens with two attached hydrogens (primary N) is 1. The van der Waals surface area contributed by atoms with Crippen LogP contribution < -0.4 is 5.73 Å². The maximum absolute atomic E-state index is 12.7. The van der Waals surface area contributed by atoms with Crippen LogP contribution in [0.4, 0.5) is 10.1 Å². The van der Waals surface area contributed by atoms with Gasteiger partial charge in [0, 0.05) is 16.8 Å². The zero-order chi connectivity index (χ0) is 13.0. The van der Waals surface area contributed by atoms with Gasteiger partial charge in [-0.25, -0.2) is 4.39 Å². The minimum Gasteiger partial charge on any atom is -0.398 e. The lowest BCUT2D eigenvalue weighted by Crippen LogP contribution is -2.06. The van der Waals surface area contributed by atoms with Crippen LogP contribution in [0.1, 0.15) is 11.1 Å². The van der Waals surface area contributed by atoms with Gasteiger partial charge in [0.2, 0.25) is 0 Å². The van der Waals surface area contributed by atoms with Crippen LogP contribution in [-0.2, 0) is 0 Å². The predicted octanol–water partition coefficient (Wildman–Crippen LogP) is 3.54. The van der Waals surface area contributed by atoms with E-state index in [1.807, 2.05) is 13.0 Å². The molecule has 0 fully saturated rings. The first-order chi connectivity index (χ1) is 7.95. The lowest BCUT2D eigenvalue weighted by Gasteiger charge is -2.09. The summed E-state index contributed by atoms with van der Waals surface area (Å²) in [7, 11) is 0. The molecule has 0 bridgehead atoms. The summed E-state index contributed by atoms with van der Waals surface area (Å²) in [5.41, 5.74) is 8.33. The van der Waals surface area contributed by atoms with Gasteiger partial charge in [0.05, 0.1) is 5.71 Å². The molecule has 0 atom stereocenters. The number of hydrogen-bond acceptors (Lipinski definition) is 2. The van der Waals surface area contributed by atoms with E-state index in [2.05, 4.69) is 13.2 Å². The van der Waals surface area contributed by atoms with Crippen LogP contribution in [0.15, 0.2) is 54.9 Å². The molecule has 0 aromatic heterocycles. The van der Waals surface area contributed by atoms with Crippen molar-refractivity contribution in [1.82, 2.24) is 0 Å². The summed E-state index contributed by atoms with van der Waals surface area (Å²) >= 11 is 0. The van der Waals surface area contributed by atoms with Crippen molar-refractivity contribution in [3.63, 3.8) is 0 Å². The summed E-state index contributed by atoms with van der Waals surface area (Å²) in [5.74, 6) is -0.615. The summed E-state index contributed by atoms with van der Waals surface area (Å²) in [4.78, 5) is 0. The van der Waals surface area contributed by atoms with Gasteiger partial charge in [-0.15, -0.1) is 0 Å². The second kappa shape index (κ2) is 5.25. The average Bonchev–Trinajstić information content (AvgIpc) is 2.28. The molecule has 0 aliphatic heterocycles. The smallest absolute Gasteiger partial charge is 0.116 e. The highest BCUT2D eigenvalue weighted by Crippen LogP contribution is 2.19. The second-order valence-corrected chi connectivity index (χ2v) is 3.72. The van der Waals surface area contributed by atoms with E-state index in [-0.39, 0.29) is 5.71 Å². The zero-order valence-corrected chi connectivity index (χ0v) is 9.76. The van der Waals surface area contributed by atoms with Gasteiger partial charge in [0.25, 0.3) is 0 Å². The van der Waals surface area contributed by atoms with E-state index in [1.54, 1.807) is 12.1 Å². The number of nitrogen functional groups attached to an aromatic ring is 1. The Morgan fingerprint density at radius 1 is 1.47 bits per heavy atom. The molecule has 0 aliphatic carbocycles. The summed E-state index contributed by atoms with van der Waals surface area (Å²) in [6.45, 7) is 8.60. The largest absolute Gasteiger partial charge is 0.398 e. The van der Waals surface area contributed by atoms with Crippen molar-refractivity contribution >= 4 is 11.4 Å². The number of aryl methyl sites for hydroxylation is 1. The molecule has 88 valence electrons. The molecule has 0 aliphatic rings. The fourth-order valence-corrected chi connectivity index (χ4v) is 1.44. The fraction of sp³-hybridized carbons (Fsp3) is 0.0714. The molecule has 1 aromatic rings. The topological polar surface area (TPSA) is 49.9 Å². The summed E-state index contributed by atoms with van der Waals surface area (Å²) < 4.78 is 12.7. The van der Waals surface area contributed by atoms with E-state index in [0.29, 0.717) is 16.8 Å². The molecule has 2 nitrogen and oxygen atoms in total. The van der Waals surface area contributed by atoms with E-state index in [1.165, 1.54) is 6.08 Å². The first kappa shape index (κ1) is 12.9. The van der Waals surface area contributed by atoms with Gasteiger partial charge in [-0.2, -0.15) is 0 Å². The number of allylic oxidation sites excluding steroid dienone is 4. The Hall–Kier alpha value is -2.16. The lowest BCUT2D eigenvalue weighted by atomic mass is 9.99. The Kier molecular flexibility index (Phi) is 3.99. The van der Waals surface area contributed by atoms with Crippen LogP contribution in [0.3, 0.4) is 0 Å². The average molecular weight is 230 g/mol. The molecule has 17 heavy (non-hydrogen) atoms. The number of halogens is 1. The highest BCUT2D eigenvalue weighted by atomic mass is 19.1. The van der Waals surface area contributed by atoms with Crippen molar-refractivity contribution in [2.75, 3.05) is 5.73 Å². The zero-order valence-electron chi connectivity index (χ0n) is 9.76. The summed E-state index contributed by atoms with van der Waals surface area (Å²) in [5, 5.41) is 7.99. The highest BCUT2D eigenvalue weighted by Gasteiger charge is 2.09. The third kappa shape index (κ3) is 3.14. The van der Waals surface area contributed by atoms with Crippen molar-refractivity contribution in [1.29, 1.82) is 5.41 Å². The fourth-order valence-electron chi connectivity index (χ4n) is 1.44. The van der Waals surface area contributed by atoms with E-state index >= 15 is 0 Å². The van der Waals surface area contributed by atoms with E-state index in [4.69, 9.17) is 11.1 Å². The molecule has 0 saturated heterocycles. The van der Waals surface area contributed by atoms with Crippen molar-refractivity contribution in [2.45, 2.75) is 6.92 Å². The normalized spacial score (nSPS) is 11.1. The van der Waals surface area contributed by atoms with Crippen LogP contribution in [0, 0.1) is 12.3 Å². The molecule has 3 N–H and O–H groups in total. The monoisotopic (exact) mass is 230 g/mol. The van der Waals surface area contributed by atoms with Gasteiger partial charge < -0.3 is 5.73 Å². The predicted molar refractivity (Wildman–Crippen MR) is 70.9 cm³/mol. The minimum atomic E-state index is -0.615. The molecule has 0 unspecified atom stereocenters. The number of rotatable bonds is 4. The maximum atomic E-state index is 12.7. The molecule has 3 heteroatoms. The van der Waals surface area contributed by atoms with Gasteiger partial charge in [0.15, 0.2) is 0 Å². The quantitative estimate of drug-likeness (QED) is 0.464. The molecule has 0 saturated carbocycles. The molecule has 0 heterocycles. The van der Waals surface area contributed by atoms with Gasteiger partial charge in [-0.1, -0.05) is 30.9 Å². The number of anilines is 1. The Morgan fingerprint density at radius 3 is 2.65 bits per heavy atom. The van der Waals surface area contributed by atoms with E-state index in [9.17, 15) is 4.39 Å². The van der Waals surface area contributed by atoms with Crippen LogP contribution in [0.5, 0.6) is 0 Å². The first-order valence-electron chi connectivity index (χ1n) is 5.09. The van der Waals surface area contributed by atoms with Crippen molar-refractivity contribution in [3.05, 3.63) is 66.0 Å². The van der Waals surface area contributed by atoms with Crippen LogP contribution >= 0.6 is 0 Å². The molecule has 1 rings (SSSR count). The van der Waals surface area contributed by atoms with Crippen molar-refractivity contribution in [2.24, 2.45) is 0 Å². The summed E-state index contributed by atoms with van der Waals surface area (Å²) in [6, 6.07) is 5.37. The number of benzene rings is 1. The molecule has 0 spiro atoms. The van der Waals surface area contributed by atoms with Gasteiger partial charge in [0.1, 0.15) is 5.83 Å². The number of hydrogen-bond donors (Lipinski definition) is 2. The van der Waals surface area contributed by atoms with Crippen molar-refractivity contribution in [3.8, 4) is 0 Å². The van der Waals surface area contributed by atoms with E-state index < -0.39 is 5.83 Å². The third-order valence-electron chi connectivity index (χ3n) is 2.30. The standard InChI is InChI=1S/C14H15FN2/c1-4-11(8-10(3)15)14(17)12-7-9(2)5-6-13(12)16/h4-8,17H,1,3,16H2,2H3/b11-8+,17-14?. The Labute approximate surface area is 100 Å². The van der Waals surface area contributed by atoms with E-state index in [0.717, 1.165) is 11.6 Å². The second-order valence-electron chi connectivity index (χ2n) is 3.72. The Bertz CT molecular complexity index is 513. The Balaban J connectivity index is 3.24. The van der Waals surface area contributed by atoms with Gasteiger partial charge in [-0.05, 0) is 25.1 Å². The van der Waals surface area contributed by atoms with Crippen molar-refractivity contribution < 1.29 is 4.39 Å². The maximum Gasteiger partial charge on any atom is 0.116 e. The third-order valence-corrected chi connectivity index (χ3v) is 2.30. The van der Waals surface area contributed by atoms with Crippen LogP contribution in [-0.4, -0.2) is 5.71 Å². The van der Waals surface area contributed by atoms with Gasteiger partial charge in [-0.3, -0.25) is 5.41 Å². The highest BCUT2D eigenvalue weighted by molar-refractivity contribution is 6.15. The molecule has 0 amide bonds. The van der Waals surface area contributed by atoms with Crippen LogP contribution in [0.25, 0.3) is 0 Å². The van der Waals surface area contributed by atoms with Gasteiger partial charge >= 0.3 is 0 Å². The lowest BCUT2D eigenvalue weighted by molar-refractivity contribution is 0.671. The SMILES string of the molecule is C=C/C(=C\C(=C)F)C(=N)c1cc(C)ccc1N. The van der Waals surface area contributed by atoms with Crippen LogP contribution in [0.2, 0.25) is 0 Å². The minimum absolute atomic E-state index is 0.139. The Morgan fingerprint density at radius 2 is 2.12 bits per heavy atom. The number of nitrogens with one attached hydrogen (secondary N) is 1. The molecular weight excluding hydrogens is 215 g/mol. The molecule has 0 radical (unpaired) electrons. The molecule has 1 aromatic carbocycles. The molecular formula is C14H15FN2. The summed E-state index contributed by atoms with van der Waals surface area (Å²) in [6.07, 6.45) is 2.58. The first-order valence-corrected chi connectivity index (χ1v) is 5.09.